The fraction of sp³-hybridized carbons (Fsp3) is 0.609. The van der Waals surface area contributed by atoms with Crippen LogP contribution in [0.25, 0.3) is 0 Å². The molecule has 1 aromatic rings. The second kappa shape index (κ2) is 7.95. The van der Waals surface area contributed by atoms with Crippen molar-refractivity contribution >= 4 is 28.2 Å². The van der Waals surface area contributed by atoms with Gasteiger partial charge < -0.3 is 10.4 Å². The third-order valence-corrected chi connectivity index (χ3v) is 7.93. The normalized spacial score (nSPS) is 24.6. The van der Waals surface area contributed by atoms with Crippen molar-refractivity contribution in [2.45, 2.75) is 66.7 Å². The summed E-state index contributed by atoms with van der Waals surface area (Å²) in [5.41, 5.74) is 3.98. The van der Waals surface area contributed by atoms with Crippen LogP contribution in [0.1, 0.15) is 69.9 Å². The highest BCUT2D eigenvalue weighted by Gasteiger charge is 2.38. The summed E-state index contributed by atoms with van der Waals surface area (Å²) in [5, 5.41) is 22.9. The molecular formula is C23H30N2O3S. The van der Waals surface area contributed by atoms with Gasteiger partial charge in [0.25, 0.3) is 0 Å². The van der Waals surface area contributed by atoms with Crippen LogP contribution in [0.3, 0.4) is 0 Å². The molecule has 2 aliphatic carbocycles. The quantitative estimate of drug-likeness (QED) is 0.669. The summed E-state index contributed by atoms with van der Waals surface area (Å²) >= 11 is 1.50. The Balaban J connectivity index is 1.85. The fourth-order valence-electron chi connectivity index (χ4n) is 4.56. The van der Waals surface area contributed by atoms with Gasteiger partial charge in [0, 0.05) is 4.88 Å². The van der Waals surface area contributed by atoms with E-state index in [0.29, 0.717) is 29.3 Å². The summed E-state index contributed by atoms with van der Waals surface area (Å²) in [5.74, 6) is -2.00. The van der Waals surface area contributed by atoms with Crippen LogP contribution in [-0.4, -0.2) is 17.0 Å². The number of thiophene rings is 1. The van der Waals surface area contributed by atoms with Gasteiger partial charge in [0.05, 0.1) is 17.4 Å². The monoisotopic (exact) mass is 414 g/mol. The minimum Gasteiger partial charge on any atom is -0.481 e. The number of carbonyl (C=O) groups excluding carboxylic acids is 1. The van der Waals surface area contributed by atoms with Crippen LogP contribution in [0.5, 0.6) is 0 Å². The smallest absolute Gasteiger partial charge is 0.307 e. The van der Waals surface area contributed by atoms with Crippen LogP contribution in [-0.2, 0) is 22.4 Å². The van der Waals surface area contributed by atoms with Gasteiger partial charge >= 0.3 is 5.97 Å². The van der Waals surface area contributed by atoms with Gasteiger partial charge in [-0.2, -0.15) is 5.26 Å². The number of hydrogen-bond acceptors (Lipinski definition) is 4. The maximum Gasteiger partial charge on any atom is 0.307 e. The first-order chi connectivity index (χ1) is 13.5. The number of rotatable bonds is 3. The van der Waals surface area contributed by atoms with Gasteiger partial charge in [-0.25, -0.2) is 0 Å². The van der Waals surface area contributed by atoms with Crippen molar-refractivity contribution in [3.63, 3.8) is 0 Å². The Kier molecular flexibility index (Phi) is 5.91. The molecule has 29 heavy (non-hydrogen) atoms. The summed E-state index contributed by atoms with van der Waals surface area (Å²) < 4.78 is 0. The first kappa shape index (κ1) is 21.6. The zero-order chi connectivity index (χ0) is 21.5. The third-order valence-electron chi connectivity index (χ3n) is 6.76. The molecule has 2 aliphatic rings. The van der Waals surface area contributed by atoms with Gasteiger partial charge in [-0.3, -0.25) is 9.59 Å². The van der Waals surface area contributed by atoms with Gasteiger partial charge in [-0.15, -0.1) is 11.3 Å². The summed E-state index contributed by atoms with van der Waals surface area (Å²) in [6, 6.07) is 2.29. The van der Waals surface area contributed by atoms with Crippen molar-refractivity contribution in [1.29, 1.82) is 5.26 Å². The summed E-state index contributed by atoms with van der Waals surface area (Å²) in [4.78, 5) is 26.0. The summed E-state index contributed by atoms with van der Waals surface area (Å²) in [6.45, 7) is 10.6. The van der Waals surface area contributed by atoms with Gasteiger partial charge in [0.15, 0.2) is 0 Å². The molecule has 0 saturated carbocycles. The Morgan fingerprint density at radius 1 is 1.14 bits per heavy atom. The largest absolute Gasteiger partial charge is 0.481 e. The molecule has 156 valence electrons. The molecule has 1 aromatic heterocycles. The topological polar surface area (TPSA) is 90.2 Å². The number of carbonyl (C=O) groups is 2. The molecule has 0 aliphatic heterocycles. The minimum atomic E-state index is -0.934. The number of carboxylic acids is 1. The molecule has 0 radical (unpaired) electrons. The molecule has 1 heterocycles. The molecular weight excluding hydrogens is 384 g/mol. The maximum atomic E-state index is 13.0. The first-order valence-electron chi connectivity index (χ1n) is 10.3. The summed E-state index contributed by atoms with van der Waals surface area (Å²) in [7, 11) is 0. The van der Waals surface area contributed by atoms with Gasteiger partial charge in [0.1, 0.15) is 11.1 Å². The van der Waals surface area contributed by atoms with E-state index in [-0.39, 0.29) is 11.3 Å². The lowest BCUT2D eigenvalue weighted by Gasteiger charge is -2.33. The second-order valence-electron chi connectivity index (χ2n) is 9.63. The van der Waals surface area contributed by atoms with Crippen LogP contribution < -0.4 is 5.32 Å². The van der Waals surface area contributed by atoms with Crippen molar-refractivity contribution in [3.05, 3.63) is 27.2 Å². The summed E-state index contributed by atoms with van der Waals surface area (Å²) in [6.07, 6.45) is 3.68. The Morgan fingerprint density at radius 2 is 1.76 bits per heavy atom. The van der Waals surface area contributed by atoms with Gasteiger partial charge in [-0.05, 0) is 62.8 Å². The predicted molar refractivity (Wildman–Crippen MR) is 115 cm³/mol. The zero-order valence-electron chi connectivity index (χ0n) is 17.9. The number of fused-ring (bicyclic) bond motifs is 1. The van der Waals surface area contributed by atoms with E-state index in [4.69, 9.17) is 0 Å². The SMILES string of the molecule is CC1=C(C)C[C@@H](C(=O)Nc2sc3c(c2C#N)CC[C@@H](C(C)(C)C)C3)[C@@H](C(=O)O)C1. The highest BCUT2D eigenvalue weighted by molar-refractivity contribution is 7.16. The van der Waals surface area contributed by atoms with Gasteiger partial charge in [0.2, 0.25) is 5.91 Å². The molecule has 2 N–H and O–H groups in total. The average molecular weight is 415 g/mol. The molecule has 6 heteroatoms. The lowest BCUT2D eigenvalue weighted by Crippen LogP contribution is -2.36. The molecule has 5 nitrogen and oxygen atoms in total. The number of nitrogens with one attached hydrogen (secondary N) is 1. The number of anilines is 1. The molecule has 1 amide bonds. The van der Waals surface area contributed by atoms with Gasteiger partial charge in [-0.1, -0.05) is 31.9 Å². The third kappa shape index (κ3) is 4.25. The van der Waals surface area contributed by atoms with Crippen molar-refractivity contribution < 1.29 is 14.7 Å². The molecule has 3 atom stereocenters. The molecule has 0 aromatic carbocycles. The van der Waals surface area contributed by atoms with E-state index in [1.165, 1.54) is 16.2 Å². The number of allylic oxidation sites excluding steroid dienone is 2. The lowest BCUT2D eigenvalue weighted by atomic mass is 9.72. The van der Waals surface area contributed by atoms with E-state index in [1.54, 1.807) is 0 Å². The van der Waals surface area contributed by atoms with Crippen LogP contribution in [0.4, 0.5) is 5.00 Å². The maximum absolute atomic E-state index is 13.0. The molecule has 0 saturated heterocycles. The number of nitrogens with zero attached hydrogens (tertiary/aromatic N) is 1. The van der Waals surface area contributed by atoms with E-state index < -0.39 is 17.8 Å². The predicted octanol–water partition coefficient (Wildman–Crippen LogP) is 5.16. The van der Waals surface area contributed by atoms with E-state index in [9.17, 15) is 20.0 Å². The molecule has 0 unspecified atom stereocenters. The number of hydrogen-bond donors (Lipinski definition) is 2. The van der Waals surface area contributed by atoms with E-state index in [0.717, 1.165) is 36.0 Å². The number of amides is 1. The van der Waals surface area contributed by atoms with Crippen LogP contribution in [0.15, 0.2) is 11.1 Å². The molecule has 0 bridgehead atoms. The standard InChI is InChI=1S/C23H30N2O3S/c1-12-8-16(17(22(27)28)9-13(12)2)20(26)25-21-18(11-24)15-7-6-14(23(3,4)5)10-19(15)29-21/h14,16-17H,6-10H2,1-5H3,(H,25,26)(H,27,28)/t14-,16-,17+/m1/s1. The second-order valence-corrected chi connectivity index (χ2v) is 10.7. The van der Waals surface area contributed by atoms with E-state index in [1.807, 2.05) is 13.8 Å². The molecule has 0 fully saturated rings. The van der Waals surface area contributed by atoms with Crippen LogP contribution >= 0.6 is 11.3 Å². The first-order valence-corrected chi connectivity index (χ1v) is 11.1. The zero-order valence-corrected chi connectivity index (χ0v) is 18.7. The highest BCUT2D eigenvalue weighted by Crippen LogP contribution is 2.44. The highest BCUT2D eigenvalue weighted by atomic mass is 32.1. The number of nitriles is 1. The van der Waals surface area contributed by atoms with E-state index >= 15 is 0 Å². The van der Waals surface area contributed by atoms with E-state index in [2.05, 4.69) is 32.2 Å². The lowest BCUT2D eigenvalue weighted by molar-refractivity contribution is -0.146. The molecule has 3 rings (SSSR count). The fourth-order valence-corrected chi connectivity index (χ4v) is 5.84. The van der Waals surface area contributed by atoms with Crippen LogP contribution in [0, 0.1) is 34.5 Å². The minimum absolute atomic E-state index is 0.205. The van der Waals surface area contributed by atoms with Crippen molar-refractivity contribution in [2.75, 3.05) is 5.32 Å². The van der Waals surface area contributed by atoms with Crippen LogP contribution in [0.2, 0.25) is 0 Å². The average Bonchev–Trinajstić information content (AvgIpc) is 2.98. The Labute approximate surface area is 176 Å². The number of carboxylic acid groups (broad SMARTS) is 1. The Bertz CT molecular complexity index is 914. The van der Waals surface area contributed by atoms with Crippen molar-refractivity contribution in [1.82, 2.24) is 0 Å². The Morgan fingerprint density at radius 3 is 2.31 bits per heavy atom. The number of aliphatic carboxylic acids is 1. The Hall–Kier alpha value is -2.13. The van der Waals surface area contributed by atoms with Crippen molar-refractivity contribution in [3.8, 4) is 6.07 Å². The molecule has 0 spiro atoms. The van der Waals surface area contributed by atoms with Crippen molar-refractivity contribution in [2.24, 2.45) is 23.2 Å².